The molecule has 0 rings (SSSR count). The first kappa shape index (κ1) is 16.5. The quantitative estimate of drug-likeness (QED) is 0.525. The molecule has 15 heavy (non-hydrogen) atoms. The van der Waals surface area contributed by atoms with E-state index in [0.29, 0.717) is 25.0 Å². The summed E-state index contributed by atoms with van der Waals surface area (Å²) >= 11 is 0. The third kappa shape index (κ3) is 13.1. The smallest absolute Gasteiger partial charge is 0.304 e. The molecule has 0 amide bonds. The van der Waals surface area contributed by atoms with Gasteiger partial charge in [-0.15, -0.1) is 0 Å². The summed E-state index contributed by atoms with van der Waals surface area (Å²) in [6, 6.07) is 0. The van der Waals surface area contributed by atoms with Crippen molar-refractivity contribution in [3.05, 3.63) is 0 Å². The van der Waals surface area contributed by atoms with Crippen LogP contribution in [0.25, 0.3) is 0 Å². The predicted molar refractivity (Wildman–Crippen MR) is 58.4 cm³/mol. The second kappa shape index (κ2) is 11.2. The summed E-state index contributed by atoms with van der Waals surface area (Å²) in [5.41, 5.74) is 0. The molecule has 1 unspecified atom stereocenters. The number of ether oxygens (including phenoxy) is 2. The van der Waals surface area contributed by atoms with Crippen LogP contribution in [0.5, 0.6) is 0 Å². The summed E-state index contributed by atoms with van der Waals surface area (Å²) in [7, 11) is 1.51. The SMILES string of the molecule is CCC(=O)CC.CCC(OC)OC(C)=O. The summed E-state index contributed by atoms with van der Waals surface area (Å²) in [6.45, 7) is 7.01. The van der Waals surface area contributed by atoms with Crippen LogP contribution in [0.1, 0.15) is 47.0 Å². The van der Waals surface area contributed by atoms with Gasteiger partial charge in [-0.2, -0.15) is 0 Å². The molecular weight excluding hydrogens is 196 g/mol. The third-order valence-corrected chi connectivity index (χ3v) is 1.68. The lowest BCUT2D eigenvalue weighted by Gasteiger charge is -2.11. The van der Waals surface area contributed by atoms with Crippen molar-refractivity contribution in [3.63, 3.8) is 0 Å². The van der Waals surface area contributed by atoms with E-state index in [2.05, 4.69) is 4.74 Å². The number of hydrogen-bond donors (Lipinski definition) is 0. The van der Waals surface area contributed by atoms with Crippen molar-refractivity contribution in [3.8, 4) is 0 Å². The Morgan fingerprint density at radius 2 is 1.60 bits per heavy atom. The molecule has 0 radical (unpaired) electrons. The van der Waals surface area contributed by atoms with Gasteiger partial charge in [-0.1, -0.05) is 20.8 Å². The van der Waals surface area contributed by atoms with Gasteiger partial charge in [0.15, 0.2) is 0 Å². The van der Waals surface area contributed by atoms with E-state index in [1.807, 2.05) is 20.8 Å². The summed E-state index contributed by atoms with van der Waals surface area (Å²) in [5, 5.41) is 0. The molecule has 0 aromatic heterocycles. The third-order valence-electron chi connectivity index (χ3n) is 1.68. The van der Waals surface area contributed by atoms with Gasteiger partial charge in [0.25, 0.3) is 0 Å². The summed E-state index contributed by atoms with van der Waals surface area (Å²) in [5.74, 6) is 0.0405. The van der Waals surface area contributed by atoms with E-state index in [0.717, 1.165) is 0 Å². The molecule has 1 atom stereocenters. The van der Waals surface area contributed by atoms with Crippen LogP contribution in [0.3, 0.4) is 0 Å². The zero-order chi connectivity index (χ0) is 12.3. The zero-order valence-electron chi connectivity index (χ0n) is 10.3. The van der Waals surface area contributed by atoms with Gasteiger partial charge in [-0.05, 0) is 0 Å². The van der Waals surface area contributed by atoms with Crippen LogP contribution >= 0.6 is 0 Å². The van der Waals surface area contributed by atoms with Crippen molar-refractivity contribution >= 4 is 11.8 Å². The van der Waals surface area contributed by atoms with Crippen molar-refractivity contribution in [2.75, 3.05) is 7.11 Å². The van der Waals surface area contributed by atoms with E-state index in [1.165, 1.54) is 14.0 Å². The first-order chi connectivity index (χ1) is 7.01. The minimum absolute atomic E-state index is 0.302. The van der Waals surface area contributed by atoms with Gasteiger partial charge < -0.3 is 9.47 Å². The standard InChI is InChI=1S/C6H12O3.C5H10O/c1-4-6(8-3)9-5(2)7;1-3-5(6)4-2/h6H,4H2,1-3H3;3-4H2,1-2H3. The number of Topliss-reactive ketones (excluding diaryl/α,β-unsaturated/α-hetero) is 1. The number of hydrogen-bond acceptors (Lipinski definition) is 4. The summed E-state index contributed by atoms with van der Waals surface area (Å²) < 4.78 is 9.45. The Balaban J connectivity index is 0. The van der Waals surface area contributed by atoms with Gasteiger partial charge in [-0.25, -0.2) is 0 Å². The molecule has 0 aliphatic carbocycles. The predicted octanol–water partition coefficient (Wildman–Crippen LogP) is 2.31. The molecule has 0 saturated carbocycles. The number of methoxy groups -OCH3 is 1. The van der Waals surface area contributed by atoms with Crippen molar-refractivity contribution in [2.45, 2.75) is 53.2 Å². The highest BCUT2D eigenvalue weighted by molar-refractivity contribution is 5.77. The topological polar surface area (TPSA) is 52.6 Å². The number of esters is 1. The highest BCUT2D eigenvalue weighted by atomic mass is 16.7. The van der Waals surface area contributed by atoms with Gasteiger partial charge in [-0.3, -0.25) is 9.59 Å². The Hall–Kier alpha value is -0.900. The van der Waals surface area contributed by atoms with Crippen LogP contribution < -0.4 is 0 Å². The maximum atomic E-state index is 10.3. The van der Waals surface area contributed by atoms with E-state index < -0.39 is 0 Å². The van der Waals surface area contributed by atoms with Crippen LogP contribution in [0.2, 0.25) is 0 Å². The largest absolute Gasteiger partial charge is 0.436 e. The van der Waals surface area contributed by atoms with E-state index in [-0.39, 0.29) is 12.3 Å². The van der Waals surface area contributed by atoms with Gasteiger partial charge in [0, 0.05) is 33.3 Å². The molecule has 0 aliphatic heterocycles. The maximum absolute atomic E-state index is 10.3. The van der Waals surface area contributed by atoms with Crippen molar-refractivity contribution in [1.82, 2.24) is 0 Å². The Labute approximate surface area is 91.9 Å². The normalized spacial score (nSPS) is 11.0. The molecule has 0 heterocycles. The average molecular weight is 218 g/mol. The molecule has 0 aliphatic rings. The van der Waals surface area contributed by atoms with Crippen LogP contribution in [0.4, 0.5) is 0 Å². The minimum atomic E-state index is -0.373. The molecule has 0 N–H and O–H groups in total. The first-order valence-electron chi connectivity index (χ1n) is 5.23. The molecule has 0 bridgehead atoms. The van der Waals surface area contributed by atoms with Gasteiger partial charge in [0.05, 0.1) is 0 Å². The molecule has 0 aromatic rings. The molecule has 90 valence electrons. The van der Waals surface area contributed by atoms with Crippen molar-refractivity contribution in [1.29, 1.82) is 0 Å². The highest BCUT2D eigenvalue weighted by Gasteiger charge is 2.05. The molecule has 0 saturated heterocycles. The fourth-order valence-electron chi connectivity index (χ4n) is 0.733. The minimum Gasteiger partial charge on any atom is -0.436 e. The Bertz CT molecular complexity index is 167. The number of ketones is 1. The molecule has 0 fully saturated rings. The molecular formula is C11H22O4. The Morgan fingerprint density at radius 3 is 1.67 bits per heavy atom. The fourth-order valence-corrected chi connectivity index (χ4v) is 0.733. The van der Waals surface area contributed by atoms with Crippen LogP contribution in [0.15, 0.2) is 0 Å². The Morgan fingerprint density at radius 1 is 1.13 bits per heavy atom. The van der Waals surface area contributed by atoms with E-state index in [4.69, 9.17) is 4.74 Å². The maximum Gasteiger partial charge on any atom is 0.304 e. The van der Waals surface area contributed by atoms with Gasteiger partial charge >= 0.3 is 5.97 Å². The summed E-state index contributed by atoms with van der Waals surface area (Å²) in [4.78, 5) is 20.5. The second-order valence-electron chi connectivity index (χ2n) is 2.93. The lowest BCUT2D eigenvalue weighted by Crippen LogP contribution is -2.16. The molecule has 4 nitrogen and oxygen atoms in total. The van der Waals surface area contributed by atoms with Crippen molar-refractivity contribution in [2.24, 2.45) is 0 Å². The lowest BCUT2D eigenvalue weighted by atomic mass is 10.3. The van der Waals surface area contributed by atoms with Crippen LogP contribution in [-0.4, -0.2) is 25.2 Å². The number of carbonyl (C=O) groups is 2. The fraction of sp³-hybridized carbons (Fsp3) is 0.818. The monoisotopic (exact) mass is 218 g/mol. The molecule has 4 heteroatoms. The average Bonchev–Trinajstić information content (AvgIpc) is 2.25. The molecule has 0 aromatic carbocycles. The van der Waals surface area contributed by atoms with E-state index in [1.54, 1.807) is 0 Å². The molecule has 0 spiro atoms. The van der Waals surface area contributed by atoms with E-state index in [9.17, 15) is 9.59 Å². The highest BCUT2D eigenvalue weighted by Crippen LogP contribution is 1.97. The summed E-state index contributed by atoms with van der Waals surface area (Å²) in [6.07, 6.45) is 1.70. The van der Waals surface area contributed by atoms with Crippen LogP contribution in [-0.2, 0) is 19.1 Å². The Kier molecular flexibility index (Phi) is 12.3. The zero-order valence-corrected chi connectivity index (χ0v) is 10.3. The first-order valence-corrected chi connectivity index (χ1v) is 5.23. The van der Waals surface area contributed by atoms with Gasteiger partial charge in [0.1, 0.15) is 5.78 Å². The van der Waals surface area contributed by atoms with Gasteiger partial charge in [0.2, 0.25) is 6.29 Å². The lowest BCUT2D eigenvalue weighted by molar-refractivity contribution is -0.171. The van der Waals surface area contributed by atoms with E-state index >= 15 is 0 Å². The second-order valence-corrected chi connectivity index (χ2v) is 2.93. The van der Waals surface area contributed by atoms with Crippen LogP contribution in [0, 0.1) is 0 Å². The number of rotatable bonds is 5. The van der Waals surface area contributed by atoms with Crippen molar-refractivity contribution < 1.29 is 19.1 Å². The number of carbonyl (C=O) groups excluding carboxylic acids is 2.